The van der Waals surface area contributed by atoms with Gasteiger partial charge in [-0.25, -0.2) is 4.98 Å². The number of fused-ring (bicyclic) bond motifs is 1. The van der Waals surface area contributed by atoms with Gasteiger partial charge in [0.05, 0.1) is 16.5 Å². The van der Waals surface area contributed by atoms with E-state index in [4.69, 9.17) is 0 Å². The SMILES string of the molecule is O=c1[nH]c(-c2ccc(C(F)(F)F)c(C(F)(F)C(F)(F)C(F)(F)F)c2)nc2ccccc12. The van der Waals surface area contributed by atoms with Crippen molar-refractivity contribution in [2.24, 2.45) is 0 Å². The molecule has 0 aliphatic heterocycles. The maximum Gasteiger partial charge on any atom is 0.460 e. The molecule has 13 heteroatoms. The van der Waals surface area contributed by atoms with Crippen molar-refractivity contribution in [2.75, 3.05) is 0 Å². The third kappa shape index (κ3) is 3.72. The summed E-state index contributed by atoms with van der Waals surface area (Å²) in [5.74, 6) is -13.7. The van der Waals surface area contributed by atoms with Crippen LogP contribution in [0.5, 0.6) is 0 Å². The quantitative estimate of drug-likeness (QED) is 0.497. The average Bonchev–Trinajstić information content (AvgIpc) is 2.65. The summed E-state index contributed by atoms with van der Waals surface area (Å²) in [6, 6.07) is 5.73. The first kappa shape index (κ1) is 22.6. The molecule has 0 radical (unpaired) electrons. The Kier molecular flexibility index (Phi) is 5.06. The van der Waals surface area contributed by atoms with Crippen LogP contribution in [0.25, 0.3) is 22.3 Å². The van der Waals surface area contributed by atoms with E-state index in [2.05, 4.69) is 9.97 Å². The lowest BCUT2D eigenvalue weighted by molar-refractivity contribution is -0.360. The summed E-state index contributed by atoms with van der Waals surface area (Å²) in [5, 5.41) is 0.0207. The highest BCUT2D eigenvalue weighted by Gasteiger charge is 2.74. The van der Waals surface area contributed by atoms with E-state index in [0.29, 0.717) is 6.07 Å². The monoisotopic (exact) mass is 458 g/mol. The molecular weight excluding hydrogens is 450 g/mol. The number of nitrogens with zero attached hydrogens (tertiary/aromatic N) is 1. The molecule has 3 aromatic rings. The number of hydrogen-bond acceptors (Lipinski definition) is 2. The summed E-state index contributed by atoms with van der Waals surface area (Å²) in [6.07, 6.45) is -12.5. The number of para-hydroxylation sites is 1. The predicted molar refractivity (Wildman–Crippen MR) is 87.7 cm³/mol. The topological polar surface area (TPSA) is 45.8 Å². The second-order valence-electron chi connectivity index (χ2n) is 6.34. The van der Waals surface area contributed by atoms with E-state index in [0.717, 1.165) is 0 Å². The van der Waals surface area contributed by atoms with Gasteiger partial charge >= 0.3 is 24.2 Å². The van der Waals surface area contributed by atoms with Crippen LogP contribution >= 0.6 is 0 Å². The van der Waals surface area contributed by atoms with Crippen molar-refractivity contribution in [3.63, 3.8) is 0 Å². The number of aromatic amines is 1. The van der Waals surface area contributed by atoms with E-state index in [-0.39, 0.29) is 23.0 Å². The van der Waals surface area contributed by atoms with Crippen LogP contribution in [0.2, 0.25) is 0 Å². The van der Waals surface area contributed by atoms with Gasteiger partial charge in [-0.1, -0.05) is 18.2 Å². The van der Waals surface area contributed by atoms with Crippen LogP contribution in [-0.4, -0.2) is 22.1 Å². The normalized spacial score (nSPS) is 13.6. The fourth-order valence-corrected chi connectivity index (χ4v) is 2.77. The Labute approximate surface area is 165 Å². The van der Waals surface area contributed by atoms with Gasteiger partial charge in [-0.15, -0.1) is 0 Å². The van der Waals surface area contributed by atoms with Crippen molar-refractivity contribution >= 4 is 10.9 Å². The molecule has 31 heavy (non-hydrogen) atoms. The highest BCUT2D eigenvalue weighted by atomic mass is 19.4. The summed E-state index contributed by atoms with van der Waals surface area (Å²) in [5.41, 5.74) is -6.60. The van der Waals surface area contributed by atoms with Crippen LogP contribution in [0.15, 0.2) is 47.3 Å². The van der Waals surface area contributed by atoms with Gasteiger partial charge in [-0.05, 0) is 24.3 Å². The number of nitrogens with one attached hydrogen (secondary N) is 1. The number of halogens is 10. The van der Waals surface area contributed by atoms with Crippen molar-refractivity contribution in [3.8, 4) is 11.4 Å². The first-order valence-electron chi connectivity index (χ1n) is 8.11. The molecule has 166 valence electrons. The van der Waals surface area contributed by atoms with E-state index in [1.165, 1.54) is 24.3 Å². The highest BCUT2D eigenvalue weighted by molar-refractivity contribution is 5.79. The molecule has 0 spiro atoms. The highest BCUT2D eigenvalue weighted by Crippen LogP contribution is 2.54. The molecular formula is C18H8F10N2O. The fraction of sp³-hybridized carbons (Fsp3) is 0.222. The Hall–Kier alpha value is -3.12. The summed E-state index contributed by atoms with van der Waals surface area (Å²) in [7, 11) is 0. The second-order valence-corrected chi connectivity index (χ2v) is 6.34. The van der Waals surface area contributed by atoms with E-state index < -0.39 is 52.3 Å². The van der Waals surface area contributed by atoms with E-state index in [1.54, 1.807) is 0 Å². The third-order valence-electron chi connectivity index (χ3n) is 4.30. The molecule has 2 aromatic carbocycles. The van der Waals surface area contributed by atoms with Crippen LogP contribution < -0.4 is 5.56 Å². The predicted octanol–water partition coefficient (Wildman–Crippen LogP) is 5.90. The number of benzene rings is 2. The van der Waals surface area contributed by atoms with Gasteiger partial charge in [-0.3, -0.25) is 4.79 Å². The lowest BCUT2D eigenvalue weighted by Gasteiger charge is -2.30. The van der Waals surface area contributed by atoms with Gasteiger partial charge in [0, 0.05) is 11.1 Å². The van der Waals surface area contributed by atoms with E-state index in [9.17, 15) is 48.7 Å². The summed E-state index contributed by atoms with van der Waals surface area (Å²) < 4.78 is 132. The van der Waals surface area contributed by atoms with Crippen LogP contribution in [0, 0.1) is 0 Å². The summed E-state index contributed by atoms with van der Waals surface area (Å²) in [6.45, 7) is 0. The Morgan fingerprint density at radius 2 is 1.39 bits per heavy atom. The zero-order valence-electron chi connectivity index (χ0n) is 14.7. The largest absolute Gasteiger partial charge is 0.460 e. The van der Waals surface area contributed by atoms with Crippen LogP contribution in [-0.2, 0) is 12.1 Å². The molecule has 1 heterocycles. The van der Waals surface area contributed by atoms with Gasteiger partial charge in [0.15, 0.2) is 0 Å². The van der Waals surface area contributed by atoms with Gasteiger partial charge < -0.3 is 4.98 Å². The number of hydrogen-bond donors (Lipinski definition) is 1. The summed E-state index contributed by atoms with van der Waals surface area (Å²) >= 11 is 0. The standard InChI is InChI=1S/C18H8F10N2O/c19-15(20,17(24,25)18(26,27)28)11-7-8(5-6-10(11)16(21,22)23)13-29-12-4-2-1-3-9(12)14(31)30-13/h1-7H,(H,29,30,31). The number of H-pyrrole nitrogens is 1. The van der Waals surface area contributed by atoms with Crippen molar-refractivity contribution in [1.82, 2.24) is 9.97 Å². The van der Waals surface area contributed by atoms with Crippen molar-refractivity contribution < 1.29 is 43.9 Å². The Morgan fingerprint density at radius 1 is 0.774 bits per heavy atom. The lowest BCUT2D eigenvalue weighted by Crippen LogP contribution is -2.50. The fourth-order valence-electron chi connectivity index (χ4n) is 2.77. The smallest absolute Gasteiger partial charge is 0.306 e. The Morgan fingerprint density at radius 3 is 1.97 bits per heavy atom. The first-order chi connectivity index (χ1) is 14.1. The van der Waals surface area contributed by atoms with Crippen molar-refractivity contribution in [1.29, 1.82) is 0 Å². The molecule has 0 saturated heterocycles. The number of rotatable bonds is 3. The molecule has 0 fully saturated rings. The van der Waals surface area contributed by atoms with Crippen LogP contribution in [0.4, 0.5) is 43.9 Å². The summed E-state index contributed by atoms with van der Waals surface area (Å²) in [4.78, 5) is 18.0. The van der Waals surface area contributed by atoms with Crippen molar-refractivity contribution in [3.05, 3.63) is 63.9 Å². The maximum absolute atomic E-state index is 14.2. The molecule has 3 nitrogen and oxygen atoms in total. The lowest BCUT2D eigenvalue weighted by atomic mass is 9.93. The second kappa shape index (κ2) is 6.95. The van der Waals surface area contributed by atoms with Gasteiger partial charge in [0.2, 0.25) is 0 Å². The molecule has 1 N–H and O–H groups in total. The molecule has 0 bridgehead atoms. The van der Waals surface area contributed by atoms with E-state index in [1.807, 2.05) is 0 Å². The molecule has 0 aliphatic rings. The Bertz CT molecular complexity index is 1190. The first-order valence-corrected chi connectivity index (χ1v) is 8.11. The minimum absolute atomic E-state index is 0.0184. The molecule has 0 unspecified atom stereocenters. The Balaban J connectivity index is 2.30. The zero-order valence-corrected chi connectivity index (χ0v) is 14.7. The van der Waals surface area contributed by atoms with Crippen molar-refractivity contribution in [2.45, 2.75) is 24.2 Å². The average molecular weight is 458 g/mol. The minimum Gasteiger partial charge on any atom is -0.306 e. The zero-order chi connectivity index (χ0) is 23.4. The van der Waals surface area contributed by atoms with Gasteiger partial charge in [-0.2, -0.15) is 43.9 Å². The molecule has 1 aromatic heterocycles. The van der Waals surface area contributed by atoms with Gasteiger partial charge in [0.1, 0.15) is 5.82 Å². The van der Waals surface area contributed by atoms with E-state index >= 15 is 0 Å². The molecule has 0 saturated carbocycles. The number of alkyl halides is 10. The van der Waals surface area contributed by atoms with Crippen LogP contribution in [0.3, 0.4) is 0 Å². The third-order valence-corrected chi connectivity index (χ3v) is 4.30. The molecule has 0 aliphatic carbocycles. The molecule has 0 amide bonds. The van der Waals surface area contributed by atoms with Crippen LogP contribution in [0.1, 0.15) is 11.1 Å². The molecule has 3 rings (SSSR count). The maximum atomic E-state index is 14.2. The number of aromatic nitrogens is 2. The minimum atomic E-state index is -6.84. The molecule has 0 atom stereocenters. The van der Waals surface area contributed by atoms with Gasteiger partial charge in [0.25, 0.3) is 5.56 Å².